The summed E-state index contributed by atoms with van der Waals surface area (Å²) in [7, 11) is 3.13. The summed E-state index contributed by atoms with van der Waals surface area (Å²) in [6.07, 6.45) is 0.377. The Balaban J connectivity index is 2.65. The molecule has 100 valence electrons. The first-order valence-electron chi connectivity index (χ1n) is 5.55. The lowest BCUT2D eigenvalue weighted by atomic mass is 10.2. The van der Waals surface area contributed by atoms with Crippen LogP contribution in [0.2, 0.25) is 0 Å². The SMILES string of the molecule is CCC(C(=O)O)N(C)C(=O)N(C)Cc1cscn1. The minimum Gasteiger partial charge on any atom is -0.480 e. The Morgan fingerprint density at radius 1 is 1.50 bits per heavy atom. The molecule has 0 saturated carbocycles. The fourth-order valence-corrected chi connectivity index (χ4v) is 2.19. The summed E-state index contributed by atoms with van der Waals surface area (Å²) in [5.41, 5.74) is 2.50. The molecule has 1 heterocycles. The van der Waals surface area contributed by atoms with Gasteiger partial charge in [-0.25, -0.2) is 14.6 Å². The highest BCUT2D eigenvalue weighted by Gasteiger charge is 2.26. The summed E-state index contributed by atoms with van der Waals surface area (Å²) in [4.78, 5) is 29.8. The van der Waals surface area contributed by atoms with Crippen LogP contribution in [0.4, 0.5) is 4.79 Å². The Kier molecular flexibility index (Phi) is 5.08. The maximum absolute atomic E-state index is 12.0. The average molecular weight is 271 g/mol. The number of amides is 2. The highest BCUT2D eigenvalue weighted by atomic mass is 32.1. The summed E-state index contributed by atoms with van der Waals surface area (Å²) in [6.45, 7) is 2.12. The van der Waals surface area contributed by atoms with E-state index in [2.05, 4.69) is 4.98 Å². The first-order chi connectivity index (χ1) is 8.47. The molecule has 18 heavy (non-hydrogen) atoms. The van der Waals surface area contributed by atoms with Crippen LogP contribution in [0.1, 0.15) is 19.0 Å². The number of carboxylic acids is 1. The van der Waals surface area contributed by atoms with E-state index in [4.69, 9.17) is 5.11 Å². The molecule has 1 unspecified atom stereocenters. The van der Waals surface area contributed by atoms with Crippen molar-refractivity contribution >= 4 is 23.3 Å². The van der Waals surface area contributed by atoms with Crippen LogP contribution in [-0.2, 0) is 11.3 Å². The fourth-order valence-electron chi connectivity index (χ4n) is 1.64. The van der Waals surface area contributed by atoms with Gasteiger partial charge in [0.1, 0.15) is 6.04 Å². The smallest absolute Gasteiger partial charge is 0.326 e. The van der Waals surface area contributed by atoms with Gasteiger partial charge in [-0.15, -0.1) is 11.3 Å². The molecule has 1 aromatic heterocycles. The predicted molar refractivity (Wildman–Crippen MR) is 68.5 cm³/mol. The van der Waals surface area contributed by atoms with Crippen LogP contribution in [0.25, 0.3) is 0 Å². The highest BCUT2D eigenvalue weighted by Crippen LogP contribution is 2.09. The van der Waals surface area contributed by atoms with Crippen LogP contribution in [0.3, 0.4) is 0 Å². The normalized spacial score (nSPS) is 11.9. The van der Waals surface area contributed by atoms with Crippen LogP contribution < -0.4 is 0 Å². The molecule has 0 bridgehead atoms. The summed E-state index contributed by atoms with van der Waals surface area (Å²) in [5, 5.41) is 10.9. The van der Waals surface area contributed by atoms with Gasteiger partial charge in [0.05, 0.1) is 17.7 Å². The van der Waals surface area contributed by atoms with E-state index in [9.17, 15) is 9.59 Å². The summed E-state index contributed by atoms with van der Waals surface area (Å²) < 4.78 is 0. The second kappa shape index (κ2) is 6.34. The van der Waals surface area contributed by atoms with Crippen LogP contribution in [0.5, 0.6) is 0 Å². The molecular weight excluding hydrogens is 254 g/mol. The highest BCUT2D eigenvalue weighted by molar-refractivity contribution is 7.07. The lowest BCUT2D eigenvalue weighted by Gasteiger charge is -2.28. The molecule has 1 rings (SSSR count). The maximum Gasteiger partial charge on any atom is 0.326 e. The van der Waals surface area contributed by atoms with Crippen molar-refractivity contribution in [2.75, 3.05) is 14.1 Å². The molecule has 7 heteroatoms. The Morgan fingerprint density at radius 3 is 2.61 bits per heavy atom. The van der Waals surface area contributed by atoms with E-state index in [1.807, 2.05) is 5.38 Å². The molecule has 1 atom stereocenters. The topological polar surface area (TPSA) is 73.7 Å². The van der Waals surface area contributed by atoms with Gasteiger partial charge in [0.15, 0.2) is 0 Å². The number of carbonyl (C=O) groups is 2. The molecule has 0 aromatic carbocycles. The molecule has 0 fully saturated rings. The van der Waals surface area contributed by atoms with Gasteiger partial charge in [-0.3, -0.25) is 0 Å². The van der Waals surface area contributed by atoms with Gasteiger partial charge in [0.25, 0.3) is 0 Å². The molecule has 1 N–H and O–H groups in total. The van der Waals surface area contributed by atoms with E-state index in [-0.39, 0.29) is 6.03 Å². The fraction of sp³-hybridized carbons (Fsp3) is 0.545. The van der Waals surface area contributed by atoms with Crippen molar-refractivity contribution in [1.82, 2.24) is 14.8 Å². The zero-order valence-electron chi connectivity index (χ0n) is 10.7. The van der Waals surface area contributed by atoms with Gasteiger partial charge in [0.2, 0.25) is 0 Å². The van der Waals surface area contributed by atoms with E-state index in [0.717, 1.165) is 5.69 Å². The van der Waals surface area contributed by atoms with Crippen molar-refractivity contribution < 1.29 is 14.7 Å². The minimum absolute atomic E-state index is 0.322. The Morgan fingerprint density at radius 2 is 2.17 bits per heavy atom. The van der Waals surface area contributed by atoms with Crippen molar-refractivity contribution in [3.63, 3.8) is 0 Å². The number of aromatic nitrogens is 1. The van der Waals surface area contributed by atoms with Crippen molar-refractivity contribution in [3.8, 4) is 0 Å². The third kappa shape index (κ3) is 3.43. The monoisotopic (exact) mass is 271 g/mol. The number of carbonyl (C=O) groups excluding carboxylic acids is 1. The van der Waals surface area contributed by atoms with Gasteiger partial charge in [0, 0.05) is 19.5 Å². The third-order valence-corrected chi connectivity index (χ3v) is 3.29. The number of hydrogen-bond acceptors (Lipinski definition) is 4. The van der Waals surface area contributed by atoms with Crippen molar-refractivity contribution in [2.24, 2.45) is 0 Å². The number of thiazole rings is 1. The van der Waals surface area contributed by atoms with Crippen LogP contribution in [-0.4, -0.2) is 52.0 Å². The standard InChI is InChI=1S/C11H17N3O3S/c1-4-9(10(15)16)14(3)11(17)13(2)5-8-6-18-7-12-8/h6-7,9H,4-5H2,1-3H3,(H,15,16). The lowest BCUT2D eigenvalue weighted by molar-refractivity contribution is -0.142. The minimum atomic E-state index is -0.990. The van der Waals surface area contributed by atoms with E-state index in [0.29, 0.717) is 13.0 Å². The largest absolute Gasteiger partial charge is 0.480 e. The number of aliphatic carboxylic acids is 1. The summed E-state index contributed by atoms with van der Waals surface area (Å²) in [5.74, 6) is -0.990. The predicted octanol–water partition coefficient (Wildman–Crippen LogP) is 1.49. The molecule has 0 radical (unpaired) electrons. The third-order valence-electron chi connectivity index (χ3n) is 2.65. The zero-order chi connectivity index (χ0) is 13.7. The first-order valence-corrected chi connectivity index (χ1v) is 6.49. The Hall–Kier alpha value is -1.63. The van der Waals surface area contributed by atoms with E-state index < -0.39 is 12.0 Å². The molecule has 0 aliphatic rings. The summed E-state index contributed by atoms with van der Waals surface area (Å²) in [6, 6.07) is -1.12. The van der Waals surface area contributed by atoms with Crippen molar-refractivity contribution in [2.45, 2.75) is 25.9 Å². The van der Waals surface area contributed by atoms with Crippen LogP contribution in [0, 0.1) is 0 Å². The molecule has 0 aliphatic carbocycles. The lowest BCUT2D eigenvalue weighted by Crippen LogP contribution is -2.47. The molecule has 0 aliphatic heterocycles. The van der Waals surface area contributed by atoms with Crippen molar-refractivity contribution in [3.05, 3.63) is 16.6 Å². The molecule has 0 saturated heterocycles. The Labute approximate surface area is 110 Å². The quantitative estimate of drug-likeness (QED) is 0.880. The van der Waals surface area contributed by atoms with E-state index >= 15 is 0 Å². The average Bonchev–Trinajstić information content (AvgIpc) is 2.80. The van der Waals surface area contributed by atoms with Crippen molar-refractivity contribution in [1.29, 1.82) is 0 Å². The zero-order valence-corrected chi connectivity index (χ0v) is 11.5. The first kappa shape index (κ1) is 14.4. The van der Waals surface area contributed by atoms with Gasteiger partial charge < -0.3 is 14.9 Å². The van der Waals surface area contributed by atoms with Crippen LogP contribution in [0.15, 0.2) is 10.9 Å². The van der Waals surface area contributed by atoms with Gasteiger partial charge >= 0.3 is 12.0 Å². The number of carboxylic acid groups (broad SMARTS) is 1. The second-order valence-corrected chi connectivity index (χ2v) is 4.71. The number of urea groups is 1. The summed E-state index contributed by atoms with van der Waals surface area (Å²) >= 11 is 1.46. The maximum atomic E-state index is 12.0. The second-order valence-electron chi connectivity index (χ2n) is 3.99. The van der Waals surface area contributed by atoms with Crippen LogP contribution >= 0.6 is 11.3 Å². The number of hydrogen-bond donors (Lipinski definition) is 1. The van der Waals surface area contributed by atoms with Gasteiger partial charge in [-0.05, 0) is 6.42 Å². The molecular formula is C11H17N3O3S. The molecule has 2 amide bonds. The van der Waals surface area contributed by atoms with Gasteiger partial charge in [-0.2, -0.15) is 0 Å². The molecule has 1 aromatic rings. The number of nitrogens with zero attached hydrogens (tertiary/aromatic N) is 3. The van der Waals surface area contributed by atoms with E-state index in [1.54, 1.807) is 19.5 Å². The molecule has 6 nitrogen and oxygen atoms in total. The van der Waals surface area contributed by atoms with E-state index in [1.165, 1.54) is 28.2 Å². The number of likely N-dealkylation sites (N-methyl/N-ethyl adjacent to an activating group) is 1. The van der Waals surface area contributed by atoms with Gasteiger partial charge in [-0.1, -0.05) is 6.92 Å². The Bertz CT molecular complexity index is 408. The number of rotatable bonds is 5. The molecule has 0 spiro atoms.